The fourth-order valence-electron chi connectivity index (χ4n) is 3.33. The first-order valence-electron chi connectivity index (χ1n) is 10.7. The largest absolute Gasteiger partial charge is 0.492 e. The van der Waals surface area contributed by atoms with Crippen LogP contribution < -0.4 is 10.1 Å². The summed E-state index contributed by atoms with van der Waals surface area (Å²) >= 11 is 0. The second-order valence-corrected chi connectivity index (χ2v) is 9.73. The predicted molar refractivity (Wildman–Crippen MR) is 122 cm³/mol. The molecule has 0 radical (unpaired) electrons. The number of benzene rings is 2. The summed E-state index contributed by atoms with van der Waals surface area (Å²) in [7, 11) is -1.64. The van der Waals surface area contributed by atoms with Crippen molar-refractivity contribution >= 4 is 15.9 Å². The van der Waals surface area contributed by atoms with Crippen LogP contribution in [0.4, 0.5) is 0 Å². The molecule has 0 aliphatic carbocycles. The quantitative estimate of drug-likeness (QED) is 0.579. The van der Waals surface area contributed by atoms with E-state index in [4.69, 9.17) is 9.47 Å². The summed E-state index contributed by atoms with van der Waals surface area (Å²) in [6, 6.07) is 14.5. The Kier molecular flexibility index (Phi) is 8.63. The Morgan fingerprint density at radius 2 is 1.81 bits per heavy atom. The molecule has 174 valence electrons. The number of ether oxygens (including phenoxy) is 2. The number of para-hydroxylation sites is 1. The van der Waals surface area contributed by atoms with Crippen LogP contribution in [0.25, 0.3) is 0 Å². The Hall–Kier alpha value is -2.46. The van der Waals surface area contributed by atoms with E-state index in [0.29, 0.717) is 46.0 Å². The highest BCUT2D eigenvalue weighted by Gasteiger charge is 2.26. The number of likely N-dealkylation sites (N-methyl/N-ethyl adjacent to an activating group) is 1. The molecule has 0 atom stereocenters. The zero-order valence-corrected chi connectivity index (χ0v) is 19.4. The molecule has 0 unspecified atom stereocenters. The third-order valence-corrected chi connectivity index (χ3v) is 7.17. The second kappa shape index (κ2) is 11.4. The average molecular weight is 462 g/mol. The van der Waals surface area contributed by atoms with E-state index >= 15 is 0 Å². The fourth-order valence-corrected chi connectivity index (χ4v) is 4.73. The highest BCUT2D eigenvalue weighted by Crippen LogP contribution is 2.18. The molecule has 8 nitrogen and oxygen atoms in total. The van der Waals surface area contributed by atoms with E-state index in [1.54, 1.807) is 24.3 Å². The molecule has 0 aromatic heterocycles. The van der Waals surface area contributed by atoms with Crippen LogP contribution in [-0.4, -0.2) is 76.6 Å². The maximum absolute atomic E-state index is 12.7. The molecule has 0 bridgehead atoms. The summed E-state index contributed by atoms with van der Waals surface area (Å²) < 4.78 is 37.8. The van der Waals surface area contributed by atoms with E-state index < -0.39 is 10.0 Å². The third-order valence-electron chi connectivity index (χ3n) is 5.26. The van der Waals surface area contributed by atoms with E-state index in [1.807, 2.05) is 43.1 Å². The van der Waals surface area contributed by atoms with Crippen molar-refractivity contribution in [2.75, 3.05) is 53.0 Å². The molecular weight excluding hydrogens is 430 g/mol. The number of nitrogens with zero attached hydrogens (tertiary/aromatic N) is 2. The summed E-state index contributed by atoms with van der Waals surface area (Å²) in [6.07, 6.45) is 0. The summed E-state index contributed by atoms with van der Waals surface area (Å²) in [5.74, 6) is 0.748. The molecule has 1 N–H and O–H groups in total. The molecule has 1 fully saturated rings. The molecule has 2 aromatic rings. The van der Waals surface area contributed by atoms with Crippen LogP contribution in [0.1, 0.15) is 11.1 Å². The van der Waals surface area contributed by atoms with Gasteiger partial charge in [-0.3, -0.25) is 9.69 Å². The standard InChI is InChI=1S/C23H31N3O5S/c1-19-5-3-4-6-22(19)31-16-11-25(2)18-23(27)24-17-20-7-9-21(10-8-20)32(28,29)26-12-14-30-15-13-26/h3-10H,11-18H2,1-2H3,(H,24,27). The highest BCUT2D eigenvalue weighted by molar-refractivity contribution is 7.89. The van der Waals surface area contributed by atoms with Crippen LogP contribution >= 0.6 is 0 Å². The van der Waals surface area contributed by atoms with Gasteiger partial charge in [-0.2, -0.15) is 4.31 Å². The third kappa shape index (κ3) is 6.77. The monoisotopic (exact) mass is 461 g/mol. The van der Waals surface area contributed by atoms with Gasteiger partial charge in [0.25, 0.3) is 0 Å². The lowest BCUT2D eigenvalue weighted by Crippen LogP contribution is -2.40. The van der Waals surface area contributed by atoms with Crippen molar-refractivity contribution in [2.45, 2.75) is 18.4 Å². The molecule has 32 heavy (non-hydrogen) atoms. The molecule has 3 rings (SSSR count). The SMILES string of the molecule is Cc1ccccc1OCCN(C)CC(=O)NCc1ccc(S(=O)(=O)N2CCOCC2)cc1. The first kappa shape index (κ1) is 24.2. The van der Waals surface area contributed by atoms with Gasteiger partial charge in [-0.15, -0.1) is 0 Å². The summed E-state index contributed by atoms with van der Waals surface area (Å²) in [5, 5.41) is 2.87. The number of nitrogens with one attached hydrogen (secondary N) is 1. The molecule has 1 aliphatic heterocycles. The Bertz CT molecular complexity index is 989. The van der Waals surface area contributed by atoms with Crippen LogP contribution in [0, 0.1) is 6.92 Å². The highest BCUT2D eigenvalue weighted by atomic mass is 32.2. The number of amides is 1. The number of sulfonamides is 1. The Labute approximate surface area is 190 Å². The van der Waals surface area contributed by atoms with Crippen LogP contribution in [0.15, 0.2) is 53.4 Å². The molecule has 1 aliphatic rings. The topological polar surface area (TPSA) is 88.2 Å². The molecule has 9 heteroatoms. The zero-order chi connectivity index (χ0) is 23.0. The van der Waals surface area contributed by atoms with E-state index in [2.05, 4.69) is 5.32 Å². The first-order valence-corrected chi connectivity index (χ1v) is 12.1. The minimum Gasteiger partial charge on any atom is -0.492 e. The zero-order valence-electron chi connectivity index (χ0n) is 18.6. The summed E-state index contributed by atoms with van der Waals surface area (Å²) in [5.41, 5.74) is 1.92. The number of morpholine rings is 1. The van der Waals surface area contributed by atoms with Gasteiger partial charge in [-0.05, 0) is 43.3 Å². The Balaban J connectivity index is 1.41. The van der Waals surface area contributed by atoms with Gasteiger partial charge in [-0.25, -0.2) is 8.42 Å². The van der Waals surface area contributed by atoms with Gasteiger partial charge in [-0.1, -0.05) is 30.3 Å². The first-order chi connectivity index (χ1) is 15.4. The van der Waals surface area contributed by atoms with Crippen LogP contribution in [0.3, 0.4) is 0 Å². The lowest BCUT2D eigenvalue weighted by Gasteiger charge is -2.26. The second-order valence-electron chi connectivity index (χ2n) is 7.79. The fraction of sp³-hybridized carbons (Fsp3) is 0.435. The van der Waals surface area contributed by atoms with Gasteiger partial charge < -0.3 is 14.8 Å². The average Bonchev–Trinajstić information content (AvgIpc) is 2.80. The molecule has 2 aromatic carbocycles. The van der Waals surface area contributed by atoms with Gasteiger partial charge in [0.1, 0.15) is 12.4 Å². The minimum absolute atomic E-state index is 0.103. The van der Waals surface area contributed by atoms with Crippen LogP contribution in [-0.2, 0) is 26.1 Å². The van der Waals surface area contributed by atoms with E-state index in [-0.39, 0.29) is 17.3 Å². The lowest BCUT2D eigenvalue weighted by atomic mass is 10.2. The Morgan fingerprint density at radius 1 is 1.12 bits per heavy atom. The molecule has 1 amide bonds. The van der Waals surface area contributed by atoms with E-state index in [0.717, 1.165) is 16.9 Å². The number of aryl methyl sites for hydroxylation is 1. The van der Waals surface area contributed by atoms with Crippen molar-refractivity contribution in [1.82, 2.24) is 14.5 Å². The van der Waals surface area contributed by atoms with Gasteiger partial charge in [0, 0.05) is 26.2 Å². The van der Waals surface area contributed by atoms with Gasteiger partial charge in [0.15, 0.2) is 0 Å². The van der Waals surface area contributed by atoms with Crippen molar-refractivity contribution < 1.29 is 22.7 Å². The normalized spacial score (nSPS) is 15.0. The van der Waals surface area contributed by atoms with Crippen LogP contribution in [0.5, 0.6) is 5.75 Å². The van der Waals surface area contributed by atoms with Crippen molar-refractivity contribution in [3.63, 3.8) is 0 Å². The van der Waals surface area contributed by atoms with Gasteiger partial charge >= 0.3 is 0 Å². The number of carbonyl (C=O) groups excluding carboxylic acids is 1. The molecular formula is C23H31N3O5S. The van der Waals surface area contributed by atoms with Crippen molar-refractivity contribution in [1.29, 1.82) is 0 Å². The minimum atomic E-state index is -3.51. The number of hydrogen-bond acceptors (Lipinski definition) is 6. The molecule has 0 spiro atoms. The predicted octanol–water partition coefficient (Wildman–Crippen LogP) is 1.64. The van der Waals surface area contributed by atoms with Crippen molar-refractivity contribution in [2.24, 2.45) is 0 Å². The lowest BCUT2D eigenvalue weighted by molar-refractivity contribution is -0.122. The number of hydrogen-bond donors (Lipinski definition) is 1. The van der Waals surface area contributed by atoms with Gasteiger partial charge in [0.05, 0.1) is 24.7 Å². The smallest absolute Gasteiger partial charge is 0.243 e. The maximum atomic E-state index is 12.7. The van der Waals surface area contributed by atoms with Gasteiger partial charge in [0.2, 0.25) is 15.9 Å². The molecule has 1 heterocycles. The van der Waals surface area contributed by atoms with E-state index in [1.165, 1.54) is 4.31 Å². The van der Waals surface area contributed by atoms with Crippen molar-refractivity contribution in [3.8, 4) is 5.75 Å². The molecule has 1 saturated heterocycles. The van der Waals surface area contributed by atoms with Crippen molar-refractivity contribution in [3.05, 3.63) is 59.7 Å². The van der Waals surface area contributed by atoms with E-state index in [9.17, 15) is 13.2 Å². The number of carbonyl (C=O) groups is 1. The molecule has 0 saturated carbocycles. The maximum Gasteiger partial charge on any atom is 0.243 e. The summed E-state index contributed by atoms with van der Waals surface area (Å²) in [4.78, 5) is 14.4. The Morgan fingerprint density at radius 3 is 2.50 bits per heavy atom. The summed E-state index contributed by atoms with van der Waals surface area (Å²) in [6.45, 7) is 5.25. The van der Waals surface area contributed by atoms with Crippen LogP contribution in [0.2, 0.25) is 0 Å². The number of rotatable bonds is 10.